The van der Waals surface area contributed by atoms with Gasteiger partial charge < -0.3 is 10.2 Å². The van der Waals surface area contributed by atoms with Crippen molar-refractivity contribution in [3.05, 3.63) is 70.3 Å². The van der Waals surface area contributed by atoms with Crippen LogP contribution in [0.1, 0.15) is 24.0 Å². The van der Waals surface area contributed by atoms with Crippen LogP contribution in [0.15, 0.2) is 59.2 Å². The maximum Gasteiger partial charge on any atom is 0.223 e. The summed E-state index contributed by atoms with van der Waals surface area (Å²) in [7, 11) is 0. The number of piperidine rings is 1. The van der Waals surface area contributed by atoms with Gasteiger partial charge in [-0.2, -0.15) is 0 Å². The van der Waals surface area contributed by atoms with Crippen LogP contribution in [0.3, 0.4) is 0 Å². The van der Waals surface area contributed by atoms with E-state index in [2.05, 4.69) is 74.5 Å². The third-order valence-corrected chi connectivity index (χ3v) is 6.13. The molecule has 2 heterocycles. The molecule has 1 aliphatic heterocycles. The van der Waals surface area contributed by atoms with Crippen LogP contribution in [-0.2, 0) is 11.3 Å². The largest absolute Gasteiger partial charge is 0.371 e. The fraction of sp³-hybridized carbons (Fsp3) is 0.304. The van der Waals surface area contributed by atoms with Gasteiger partial charge in [-0.25, -0.2) is 0 Å². The third kappa shape index (κ3) is 4.04. The van der Waals surface area contributed by atoms with Crippen LogP contribution in [0.2, 0.25) is 0 Å². The second-order valence-corrected chi connectivity index (χ2v) is 8.29. The van der Waals surface area contributed by atoms with Crippen molar-refractivity contribution in [2.45, 2.75) is 26.3 Å². The van der Waals surface area contributed by atoms with E-state index in [1.807, 2.05) is 18.3 Å². The van der Waals surface area contributed by atoms with Crippen LogP contribution >= 0.6 is 15.9 Å². The molecule has 5 heteroatoms. The monoisotopic (exact) mass is 437 g/mol. The number of hydrogen-bond acceptors (Lipinski definition) is 3. The highest BCUT2D eigenvalue weighted by molar-refractivity contribution is 9.10. The second kappa shape index (κ2) is 8.31. The van der Waals surface area contributed by atoms with Crippen LogP contribution in [0.5, 0.6) is 0 Å². The summed E-state index contributed by atoms with van der Waals surface area (Å²) in [6, 6.07) is 16.6. The predicted octanol–water partition coefficient (Wildman–Crippen LogP) is 4.84. The summed E-state index contributed by atoms with van der Waals surface area (Å²) in [5, 5.41) is 4.26. The number of amides is 1. The lowest BCUT2D eigenvalue weighted by Crippen LogP contribution is -2.40. The van der Waals surface area contributed by atoms with Crippen molar-refractivity contribution in [3.63, 3.8) is 0 Å². The molecule has 1 saturated heterocycles. The smallest absolute Gasteiger partial charge is 0.223 e. The quantitative estimate of drug-likeness (QED) is 0.634. The predicted molar refractivity (Wildman–Crippen MR) is 117 cm³/mol. The minimum absolute atomic E-state index is 0.0848. The normalized spacial score (nSPS) is 15.0. The van der Waals surface area contributed by atoms with Crippen LogP contribution in [-0.4, -0.2) is 24.0 Å². The van der Waals surface area contributed by atoms with Gasteiger partial charge >= 0.3 is 0 Å². The molecule has 144 valence electrons. The summed E-state index contributed by atoms with van der Waals surface area (Å²) >= 11 is 3.59. The number of benzene rings is 2. The van der Waals surface area contributed by atoms with E-state index in [4.69, 9.17) is 0 Å². The van der Waals surface area contributed by atoms with Crippen LogP contribution < -0.4 is 10.2 Å². The molecule has 2 aromatic carbocycles. The molecule has 3 aromatic rings. The first kappa shape index (κ1) is 18.9. The SMILES string of the molecule is Cc1ccc(CNC(=O)C2CCN(c3ccnc4c(Br)cccc34)CC2)cc1. The first-order valence-corrected chi connectivity index (χ1v) is 10.5. The average molecular weight is 438 g/mol. The number of fused-ring (bicyclic) bond motifs is 1. The molecule has 0 atom stereocenters. The second-order valence-electron chi connectivity index (χ2n) is 7.43. The number of hydrogen-bond donors (Lipinski definition) is 1. The molecule has 1 amide bonds. The molecule has 0 bridgehead atoms. The van der Waals surface area contributed by atoms with Crippen molar-refractivity contribution < 1.29 is 4.79 Å². The molecule has 1 aliphatic rings. The Balaban J connectivity index is 1.37. The molecule has 28 heavy (non-hydrogen) atoms. The Morgan fingerprint density at radius 3 is 2.64 bits per heavy atom. The molecule has 0 radical (unpaired) electrons. The fourth-order valence-corrected chi connectivity index (χ4v) is 4.29. The molecule has 1 fully saturated rings. The molecule has 0 spiro atoms. The zero-order valence-corrected chi connectivity index (χ0v) is 17.6. The van der Waals surface area contributed by atoms with Crippen molar-refractivity contribution in [1.82, 2.24) is 10.3 Å². The number of rotatable bonds is 4. The molecule has 0 unspecified atom stereocenters. The fourth-order valence-electron chi connectivity index (χ4n) is 3.82. The van der Waals surface area contributed by atoms with Gasteiger partial charge in [0.2, 0.25) is 5.91 Å². The van der Waals surface area contributed by atoms with Gasteiger partial charge in [-0.05, 0) is 53.4 Å². The number of nitrogens with zero attached hydrogens (tertiary/aromatic N) is 2. The standard InChI is InChI=1S/C23H24BrN3O/c1-16-5-7-17(8-6-16)15-26-23(28)18-10-13-27(14-11-18)21-9-12-25-22-19(21)3-2-4-20(22)24/h2-9,12,18H,10-11,13-15H2,1H3,(H,26,28). The van der Waals surface area contributed by atoms with Gasteiger partial charge in [0, 0.05) is 47.3 Å². The van der Waals surface area contributed by atoms with Crippen LogP contribution in [0.4, 0.5) is 5.69 Å². The van der Waals surface area contributed by atoms with Crippen molar-refractivity contribution in [3.8, 4) is 0 Å². The highest BCUT2D eigenvalue weighted by Gasteiger charge is 2.25. The summed E-state index contributed by atoms with van der Waals surface area (Å²) in [5.74, 6) is 0.254. The van der Waals surface area contributed by atoms with Crippen molar-refractivity contribution in [1.29, 1.82) is 0 Å². The Labute approximate surface area is 174 Å². The molecule has 4 nitrogen and oxygen atoms in total. The minimum Gasteiger partial charge on any atom is -0.371 e. The van der Waals surface area contributed by atoms with E-state index in [-0.39, 0.29) is 11.8 Å². The summed E-state index contributed by atoms with van der Waals surface area (Å²) in [4.78, 5) is 19.5. The summed E-state index contributed by atoms with van der Waals surface area (Å²) in [6.45, 7) is 4.44. The first-order valence-electron chi connectivity index (χ1n) is 9.73. The maximum atomic E-state index is 12.6. The van der Waals surface area contributed by atoms with E-state index in [1.165, 1.54) is 11.3 Å². The van der Waals surface area contributed by atoms with E-state index >= 15 is 0 Å². The number of aromatic nitrogens is 1. The van der Waals surface area contributed by atoms with Gasteiger partial charge in [-0.3, -0.25) is 9.78 Å². The van der Waals surface area contributed by atoms with Crippen molar-refractivity contribution in [2.75, 3.05) is 18.0 Å². The van der Waals surface area contributed by atoms with Gasteiger partial charge in [0.25, 0.3) is 0 Å². The first-order chi connectivity index (χ1) is 13.6. The summed E-state index contributed by atoms with van der Waals surface area (Å²) < 4.78 is 1.01. The minimum atomic E-state index is 0.0848. The Bertz CT molecular complexity index is 979. The lowest BCUT2D eigenvalue weighted by Gasteiger charge is -2.33. The average Bonchev–Trinajstić information content (AvgIpc) is 2.73. The third-order valence-electron chi connectivity index (χ3n) is 5.49. The number of nitrogens with one attached hydrogen (secondary N) is 1. The highest BCUT2D eigenvalue weighted by Crippen LogP contribution is 2.32. The van der Waals surface area contributed by atoms with Crippen LogP contribution in [0, 0.1) is 12.8 Å². The summed E-state index contributed by atoms with van der Waals surface area (Å²) in [5.41, 5.74) is 4.56. The molecule has 0 saturated carbocycles. The molecule has 1 aromatic heterocycles. The number of aryl methyl sites for hydroxylation is 1. The van der Waals surface area contributed by atoms with Gasteiger partial charge in [0.15, 0.2) is 0 Å². The van der Waals surface area contributed by atoms with Crippen LogP contribution in [0.25, 0.3) is 10.9 Å². The molecule has 0 aliphatic carbocycles. The number of anilines is 1. The number of halogens is 1. The van der Waals surface area contributed by atoms with Gasteiger partial charge in [0.1, 0.15) is 0 Å². The van der Waals surface area contributed by atoms with E-state index in [1.54, 1.807) is 0 Å². The van der Waals surface area contributed by atoms with Gasteiger partial charge in [0.05, 0.1) is 5.52 Å². The topological polar surface area (TPSA) is 45.2 Å². The Morgan fingerprint density at radius 2 is 1.89 bits per heavy atom. The van der Waals surface area contributed by atoms with E-state index in [0.717, 1.165) is 46.9 Å². The number of pyridine rings is 1. The zero-order valence-electron chi connectivity index (χ0n) is 16.0. The number of carbonyl (C=O) groups excluding carboxylic acids is 1. The lowest BCUT2D eigenvalue weighted by atomic mass is 9.95. The summed E-state index contributed by atoms with van der Waals surface area (Å²) in [6.07, 6.45) is 3.61. The number of para-hydroxylation sites is 1. The van der Waals surface area contributed by atoms with Crippen molar-refractivity contribution in [2.24, 2.45) is 5.92 Å². The highest BCUT2D eigenvalue weighted by atomic mass is 79.9. The van der Waals surface area contributed by atoms with E-state index < -0.39 is 0 Å². The van der Waals surface area contributed by atoms with Crippen molar-refractivity contribution >= 4 is 38.4 Å². The Hall–Kier alpha value is -2.40. The molecule has 4 rings (SSSR count). The zero-order chi connectivity index (χ0) is 19.5. The molecular weight excluding hydrogens is 414 g/mol. The Kier molecular flexibility index (Phi) is 5.62. The van der Waals surface area contributed by atoms with E-state index in [0.29, 0.717) is 6.54 Å². The number of carbonyl (C=O) groups is 1. The maximum absolute atomic E-state index is 12.6. The molecule has 1 N–H and O–H groups in total. The Morgan fingerprint density at radius 1 is 1.14 bits per heavy atom. The van der Waals surface area contributed by atoms with Gasteiger partial charge in [-0.15, -0.1) is 0 Å². The van der Waals surface area contributed by atoms with Gasteiger partial charge in [-0.1, -0.05) is 42.0 Å². The molecular formula is C23H24BrN3O. The van der Waals surface area contributed by atoms with E-state index in [9.17, 15) is 4.79 Å². The lowest BCUT2D eigenvalue weighted by molar-refractivity contribution is -0.125.